The van der Waals surface area contributed by atoms with Crippen molar-refractivity contribution in [3.05, 3.63) is 57.5 Å². The van der Waals surface area contributed by atoms with Crippen molar-refractivity contribution in [1.82, 2.24) is 0 Å². The summed E-state index contributed by atoms with van der Waals surface area (Å²) in [5.74, 6) is 0. The number of halogens is 4. The maximum atomic E-state index is 5.65. The summed E-state index contributed by atoms with van der Waals surface area (Å²) in [6.07, 6.45) is 12.8. The molecule has 0 atom stereocenters. The van der Waals surface area contributed by atoms with Crippen molar-refractivity contribution in [2.45, 2.75) is 61.7 Å². The monoisotopic (exact) mass is 726 g/mol. The molecule has 0 spiro atoms. The zero-order valence-corrected chi connectivity index (χ0v) is 28.4. The minimum absolute atomic E-state index is 0. The van der Waals surface area contributed by atoms with E-state index in [0.29, 0.717) is 0 Å². The van der Waals surface area contributed by atoms with Crippen molar-refractivity contribution in [2.24, 2.45) is 0 Å². The molecule has 0 aliphatic rings. The van der Waals surface area contributed by atoms with E-state index in [-0.39, 0.29) is 40.0 Å². The first-order valence-corrected chi connectivity index (χ1v) is 29.9. The number of rotatable bonds is 12. The Labute approximate surface area is 216 Å². The van der Waals surface area contributed by atoms with E-state index in [1.807, 2.05) is 0 Å². The van der Waals surface area contributed by atoms with Crippen LogP contribution in [0.2, 0.25) is 22.2 Å². The molecule has 0 rings (SSSR count). The molecule has 0 N–H and O–H groups in total. The molecule has 0 aromatic rings. The molecule has 0 amide bonds. The second-order valence-electron chi connectivity index (χ2n) is 6.09. The smallest absolute Gasteiger partial charge is 1.00 e. The zero-order valence-electron chi connectivity index (χ0n) is 17.4. The molecule has 0 heterocycles. The molecule has 0 aliphatic carbocycles. The Balaban J connectivity index is -0.000000106. The summed E-state index contributed by atoms with van der Waals surface area (Å²) in [5.41, 5.74) is 0. The predicted molar refractivity (Wildman–Crippen MR) is 135 cm³/mol. The second kappa shape index (κ2) is 28.5. The normalized spacial score (nSPS) is 9.67. The predicted octanol–water partition coefficient (Wildman–Crippen LogP) is 5.86. The van der Waals surface area contributed by atoms with Crippen LogP contribution < -0.4 is 17.0 Å². The standard InChI is InChI=1S/2C4H9.4C3H5.BrH.3ClH.Mg.2Sn/c2*1-3-4-2;4*1-3-2;;;;;;;/h2*1,3-4H2,2H3;4*3H,1-2H2;4*1H;;;/q;;;;;-1;;;;;+2;;+3/p-4. The Kier molecular flexibility index (Phi) is 42.2. The van der Waals surface area contributed by atoms with Crippen LogP contribution in [-0.4, -0.2) is 56.4 Å². The molecule has 0 aromatic heterocycles. The van der Waals surface area contributed by atoms with Gasteiger partial charge in [0, 0.05) is 0 Å². The van der Waals surface area contributed by atoms with E-state index in [0.717, 1.165) is 17.3 Å². The molecule has 0 unspecified atom stereocenters. The fourth-order valence-electron chi connectivity index (χ4n) is 2.40. The molecule has 0 saturated heterocycles. The van der Waals surface area contributed by atoms with Crippen LogP contribution in [0.15, 0.2) is 50.6 Å². The molecule has 27 heavy (non-hydrogen) atoms. The van der Waals surface area contributed by atoms with Crippen molar-refractivity contribution in [3.8, 4) is 0 Å². The SMILES string of the molecule is C=C[CH2-].C=C[CH2][Sn]([CH2]C=C)([CH2]C=C)[CH2]CCC.CCC[CH2][Sn]([Cl])([Cl])[Cl].[Br-].[Mg+2]. The number of allylic oxidation sites excluding steroid dienone is 4. The molecule has 0 bridgehead atoms. The van der Waals surface area contributed by atoms with Gasteiger partial charge < -0.3 is 17.0 Å². The van der Waals surface area contributed by atoms with Crippen LogP contribution in [-0.2, 0) is 0 Å². The average Bonchev–Trinajstić information content (AvgIpc) is 2.52. The van der Waals surface area contributed by atoms with Crippen molar-refractivity contribution >= 4 is 83.2 Å². The van der Waals surface area contributed by atoms with Crippen LogP contribution in [0.5, 0.6) is 0 Å². The summed E-state index contributed by atoms with van der Waals surface area (Å²) in [5, 5.41) is 0. The van der Waals surface area contributed by atoms with E-state index in [1.165, 1.54) is 36.7 Å². The quantitative estimate of drug-likeness (QED) is 0.134. The molecule has 7 heteroatoms. The topological polar surface area (TPSA) is 0 Å². The molecule has 0 aliphatic heterocycles. The minimum atomic E-state index is -2.89. The Morgan fingerprint density at radius 2 is 1.07 bits per heavy atom. The molecular weight excluding hydrogens is 688 g/mol. The molecule has 0 aromatic carbocycles. The number of hydrogen-bond acceptors (Lipinski definition) is 0. The zero-order chi connectivity index (χ0) is 20.2. The van der Waals surface area contributed by atoms with Crippen molar-refractivity contribution < 1.29 is 17.0 Å². The Hall–Kier alpha value is 2.54. The van der Waals surface area contributed by atoms with E-state index in [9.17, 15) is 0 Å². The van der Waals surface area contributed by atoms with Gasteiger partial charge >= 0.3 is 183 Å². The Morgan fingerprint density at radius 3 is 1.26 bits per heavy atom. The Morgan fingerprint density at radius 1 is 0.778 bits per heavy atom. The first-order valence-electron chi connectivity index (χ1n) is 9.01. The van der Waals surface area contributed by atoms with Crippen LogP contribution in [0.1, 0.15) is 39.5 Å². The summed E-state index contributed by atoms with van der Waals surface area (Å²) >= 11 is -4.84. The van der Waals surface area contributed by atoms with Gasteiger partial charge in [0.05, 0.1) is 0 Å². The van der Waals surface area contributed by atoms with Gasteiger partial charge in [-0.05, 0) is 0 Å². The minimum Gasteiger partial charge on any atom is -1.00 e. The molecule has 0 saturated carbocycles. The van der Waals surface area contributed by atoms with E-state index < -0.39 is 33.4 Å². The van der Waals surface area contributed by atoms with Crippen LogP contribution in [0.4, 0.5) is 0 Å². The van der Waals surface area contributed by atoms with Gasteiger partial charge in [-0.2, -0.15) is 0 Å². The van der Waals surface area contributed by atoms with Crippen LogP contribution >= 0.6 is 26.8 Å². The summed E-state index contributed by atoms with van der Waals surface area (Å²) in [4.78, 5) is 0. The van der Waals surface area contributed by atoms with Gasteiger partial charge in [0.2, 0.25) is 0 Å². The number of hydrogen-bond donors (Lipinski definition) is 0. The van der Waals surface area contributed by atoms with Crippen molar-refractivity contribution in [2.75, 3.05) is 0 Å². The van der Waals surface area contributed by atoms with Gasteiger partial charge in [-0.3, -0.25) is 0 Å². The van der Waals surface area contributed by atoms with Crippen molar-refractivity contribution in [3.63, 3.8) is 0 Å². The van der Waals surface area contributed by atoms with E-state index in [2.05, 4.69) is 65.3 Å². The Bertz CT molecular complexity index is 322. The maximum absolute atomic E-state index is 5.65. The van der Waals surface area contributed by atoms with Gasteiger partial charge in [0.25, 0.3) is 0 Å². The molecular formula is C20H38BrCl3MgSn2. The van der Waals surface area contributed by atoms with Crippen LogP contribution in [0, 0.1) is 6.92 Å². The molecule has 0 radical (unpaired) electrons. The van der Waals surface area contributed by atoms with E-state index in [4.69, 9.17) is 26.8 Å². The second-order valence-corrected chi connectivity index (χ2v) is 41.4. The fraction of sp³-hybridized carbons (Fsp3) is 0.550. The largest absolute Gasteiger partial charge is 2.00 e. The fourth-order valence-corrected chi connectivity index (χ4v) is 18.8. The van der Waals surface area contributed by atoms with Gasteiger partial charge in [-0.15, -0.1) is 0 Å². The van der Waals surface area contributed by atoms with Gasteiger partial charge in [-0.1, -0.05) is 0 Å². The molecule has 156 valence electrons. The van der Waals surface area contributed by atoms with E-state index in [1.54, 1.807) is 0 Å². The third-order valence-corrected chi connectivity index (χ3v) is 24.0. The first kappa shape index (κ1) is 40.0. The summed E-state index contributed by atoms with van der Waals surface area (Å²) in [6.45, 7) is 22.6. The molecule has 0 fully saturated rings. The average molecular weight is 727 g/mol. The van der Waals surface area contributed by atoms with Crippen molar-refractivity contribution in [1.29, 1.82) is 0 Å². The van der Waals surface area contributed by atoms with Gasteiger partial charge in [0.1, 0.15) is 0 Å². The van der Waals surface area contributed by atoms with E-state index >= 15 is 0 Å². The summed E-state index contributed by atoms with van der Waals surface area (Å²) in [7, 11) is 17.0. The number of unbranched alkanes of at least 4 members (excludes halogenated alkanes) is 2. The summed E-state index contributed by atoms with van der Waals surface area (Å²) in [6, 6.07) is 0. The van der Waals surface area contributed by atoms with Gasteiger partial charge in [0.15, 0.2) is 0 Å². The van der Waals surface area contributed by atoms with Crippen LogP contribution in [0.25, 0.3) is 0 Å². The third kappa shape index (κ3) is 33.4. The maximum Gasteiger partial charge on any atom is 2.00 e. The third-order valence-electron chi connectivity index (χ3n) is 3.61. The summed E-state index contributed by atoms with van der Waals surface area (Å²) < 4.78 is 6.19. The first-order chi connectivity index (χ1) is 11.7. The van der Waals surface area contributed by atoms with Gasteiger partial charge in [-0.25, -0.2) is 19.6 Å². The molecule has 0 nitrogen and oxygen atoms in total. The van der Waals surface area contributed by atoms with Crippen LogP contribution in [0.3, 0.4) is 0 Å².